The summed E-state index contributed by atoms with van der Waals surface area (Å²) in [5.41, 5.74) is -1.85. The molecule has 0 saturated carbocycles. The molecule has 10 heteroatoms. The lowest BCUT2D eigenvalue weighted by molar-refractivity contribution is -0.150. The van der Waals surface area contributed by atoms with Crippen LogP contribution in [0, 0.1) is 5.92 Å². The Morgan fingerprint density at radius 1 is 1.16 bits per heavy atom. The van der Waals surface area contributed by atoms with Gasteiger partial charge < -0.3 is 14.6 Å². The first kappa shape index (κ1) is 25.6. The third-order valence-corrected chi connectivity index (χ3v) is 5.19. The van der Waals surface area contributed by atoms with E-state index in [4.69, 9.17) is 44.3 Å². The number of rotatable bonds is 6. The van der Waals surface area contributed by atoms with Crippen LogP contribution in [-0.4, -0.2) is 49.5 Å². The van der Waals surface area contributed by atoms with Gasteiger partial charge in [0.1, 0.15) is 17.7 Å². The summed E-state index contributed by atoms with van der Waals surface area (Å²) in [6.07, 6.45) is -1.45. The molecule has 0 bridgehead atoms. The number of halogens is 3. The topological polar surface area (TPSA) is 93.1 Å². The first-order chi connectivity index (χ1) is 14.2. The number of benzene rings is 1. The Morgan fingerprint density at radius 3 is 2.29 bits per heavy atom. The smallest absolute Gasteiger partial charge is 0.411 e. The van der Waals surface area contributed by atoms with Gasteiger partial charge in [-0.25, -0.2) is 9.59 Å². The molecular weight excluding hydrogens is 469 g/mol. The summed E-state index contributed by atoms with van der Waals surface area (Å²) in [4.78, 5) is 38.5. The number of hydrogen-bond donors (Lipinski definition) is 1. The van der Waals surface area contributed by atoms with E-state index >= 15 is 0 Å². The van der Waals surface area contributed by atoms with Crippen LogP contribution in [0.2, 0.25) is 0 Å². The molecule has 2 atom stereocenters. The average molecular weight is 495 g/mol. The van der Waals surface area contributed by atoms with Crippen LogP contribution in [0.3, 0.4) is 0 Å². The summed E-state index contributed by atoms with van der Waals surface area (Å²) in [5, 5.41) is 10.0. The van der Waals surface area contributed by atoms with E-state index < -0.39 is 45.3 Å². The minimum Gasteiger partial charge on any atom is -0.479 e. The Hall–Kier alpha value is -1.70. The molecule has 1 aliphatic heterocycles. The van der Waals surface area contributed by atoms with E-state index in [0.29, 0.717) is 0 Å². The maximum atomic E-state index is 12.8. The van der Waals surface area contributed by atoms with Gasteiger partial charge in [-0.05, 0) is 38.7 Å². The maximum absolute atomic E-state index is 12.8. The highest BCUT2D eigenvalue weighted by Crippen LogP contribution is 2.46. The molecule has 0 aromatic heterocycles. The van der Waals surface area contributed by atoms with Crippen LogP contribution >= 0.6 is 34.8 Å². The molecule has 1 aromatic carbocycles. The van der Waals surface area contributed by atoms with Gasteiger partial charge >= 0.3 is 18.0 Å². The van der Waals surface area contributed by atoms with Gasteiger partial charge in [-0.3, -0.25) is 9.69 Å². The number of aliphatic carboxylic acids is 1. The molecule has 1 amide bonds. The molecular formula is C21H26Cl3NO6. The summed E-state index contributed by atoms with van der Waals surface area (Å²) in [7, 11) is 0. The van der Waals surface area contributed by atoms with Crippen molar-refractivity contribution in [2.45, 2.75) is 61.6 Å². The third kappa shape index (κ3) is 7.44. The van der Waals surface area contributed by atoms with Crippen molar-refractivity contribution in [3.05, 3.63) is 35.9 Å². The minimum atomic E-state index is -1.93. The van der Waals surface area contributed by atoms with Gasteiger partial charge in [0.2, 0.25) is 0 Å². The van der Waals surface area contributed by atoms with Crippen molar-refractivity contribution in [1.82, 2.24) is 4.90 Å². The molecule has 1 N–H and O–H groups in total. The summed E-state index contributed by atoms with van der Waals surface area (Å²) >= 11 is 17.8. The van der Waals surface area contributed by atoms with E-state index in [9.17, 15) is 19.5 Å². The number of likely N-dealkylation sites (tertiary alicyclic amines) is 1. The quantitative estimate of drug-likeness (QED) is 0.444. The molecule has 2 rings (SSSR count). The molecule has 0 aliphatic carbocycles. The zero-order valence-electron chi connectivity index (χ0n) is 17.6. The molecule has 1 fully saturated rings. The Balaban J connectivity index is 2.18. The predicted molar refractivity (Wildman–Crippen MR) is 117 cm³/mol. The van der Waals surface area contributed by atoms with E-state index in [1.807, 2.05) is 30.3 Å². The minimum absolute atomic E-state index is 0.0393. The van der Waals surface area contributed by atoms with Crippen LogP contribution in [0.4, 0.5) is 4.79 Å². The molecule has 0 unspecified atom stereocenters. The molecule has 7 nitrogen and oxygen atoms in total. The van der Waals surface area contributed by atoms with Crippen LogP contribution in [0.1, 0.15) is 45.6 Å². The van der Waals surface area contributed by atoms with Gasteiger partial charge in [-0.2, -0.15) is 0 Å². The highest BCUT2D eigenvalue weighted by Gasteiger charge is 2.57. The normalized spacial score (nSPS) is 21.6. The van der Waals surface area contributed by atoms with Gasteiger partial charge in [0.25, 0.3) is 0 Å². The monoisotopic (exact) mass is 493 g/mol. The highest BCUT2D eigenvalue weighted by molar-refractivity contribution is 6.67. The zero-order chi connectivity index (χ0) is 23.4. The predicted octanol–water partition coefficient (Wildman–Crippen LogP) is 4.96. The number of alkyl halides is 3. The van der Waals surface area contributed by atoms with Crippen LogP contribution in [0.25, 0.3) is 0 Å². The van der Waals surface area contributed by atoms with Gasteiger partial charge in [0.05, 0.1) is 6.42 Å². The van der Waals surface area contributed by atoms with Gasteiger partial charge in [0.15, 0.2) is 3.79 Å². The summed E-state index contributed by atoms with van der Waals surface area (Å²) in [6, 6.07) is 9.16. The molecule has 1 heterocycles. The number of esters is 1. The Labute approximate surface area is 196 Å². The zero-order valence-corrected chi connectivity index (χ0v) is 19.8. The first-order valence-corrected chi connectivity index (χ1v) is 10.9. The van der Waals surface area contributed by atoms with Crippen LogP contribution in [0.15, 0.2) is 30.3 Å². The van der Waals surface area contributed by atoms with Crippen molar-refractivity contribution in [3.8, 4) is 0 Å². The van der Waals surface area contributed by atoms with Gasteiger partial charge in [-0.1, -0.05) is 65.1 Å². The van der Waals surface area contributed by atoms with Crippen LogP contribution < -0.4 is 0 Å². The second-order valence-corrected chi connectivity index (χ2v) is 11.2. The van der Waals surface area contributed by atoms with Crippen molar-refractivity contribution >= 4 is 52.8 Å². The first-order valence-electron chi connectivity index (χ1n) is 9.72. The Kier molecular flexibility index (Phi) is 8.11. The van der Waals surface area contributed by atoms with Crippen LogP contribution in [0.5, 0.6) is 0 Å². The molecule has 0 spiro atoms. The van der Waals surface area contributed by atoms with E-state index in [0.717, 1.165) is 10.5 Å². The number of carboxylic acid groups (broad SMARTS) is 1. The Morgan fingerprint density at radius 2 is 1.77 bits per heavy atom. The fourth-order valence-electron chi connectivity index (χ4n) is 3.60. The lowest BCUT2D eigenvalue weighted by atomic mass is 9.88. The number of nitrogens with zero attached hydrogens (tertiary/aromatic N) is 1. The Bertz CT molecular complexity index is 806. The van der Waals surface area contributed by atoms with Gasteiger partial charge in [0, 0.05) is 13.0 Å². The highest BCUT2D eigenvalue weighted by atomic mass is 35.6. The molecule has 1 saturated heterocycles. The molecule has 31 heavy (non-hydrogen) atoms. The largest absolute Gasteiger partial charge is 0.479 e. The fraction of sp³-hybridized carbons (Fsp3) is 0.571. The number of carbonyl (C=O) groups excluding carboxylic acids is 2. The van der Waals surface area contributed by atoms with Crippen molar-refractivity contribution in [2.75, 3.05) is 6.54 Å². The maximum Gasteiger partial charge on any atom is 0.411 e. The standard InChI is InChI=1S/C21H26Cl3NO6/c1-19(2,3)31-18(29)25-11-15(10-20(25,17(27)28)13-21(22,23)24)9-16(26)30-12-14-7-5-4-6-8-14/h4-8,15H,9-13H2,1-3H3,(H,27,28)/t15-,20+/m1/s1. The van der Waals surface area contributed by atoms with E-state index in [1.54, 1.807) is 20.8 Å². The number of amides is 1. The molecule has 1 aliphatic rings. The number of ether oxygens (including phenoxy) is 2. The third-order valence-electron chi connectivity index (χ3n) is 4.79. The van der Waals surface area contributed by atoms with E-state index in [1.165, 1.54) is 0 Å². The van der Waals surface area contributed by atoms with Gasteiger partial charge in [-0.15, -0.1) is 0 Å². The summed E-state index contributed by atoms with van der Waals surface area (Å²) in [6.45, 7) is 5.05. The summed E-state index contributed by atoms with van der Waals surface area (Å²) in [5.74, 6) is -2.34. The second-order valence-electron chi connectivity index (χ2n) is 8.64. The number of hydrogen-bond acceptors (Lipinski definition) is 5. The number of carboxylic acids is 1. The molecule has 0 radical (unpaired) electrons. The van der Waals surface area contributed by atoms with Crippen molar-refractivity contribution < 1.29 is 29.0 Å². The molecule has 1 aromatic rings. The number of carbonyl (C=O) groups is 3. The van der Waals surface area contributed by atoms with Crippen molar-refractivity contribution in [2.24, 2.45) is 5.92 Å². The fourth-order valence-corrected chi connectivity index (χ4v) is 4.26. The van der Waals surface area contributed by atoms with E-state index in [2.05, 4.69) is 0 Å². The van der Waals surface area contributed by atoms with Crippen molar-refractivity contribution in [1.29, 1.82) is 0 Å². The van der Waals surface area contributed by atoms with Crippen molar-refractivity contribution in [3.63, 3.8) is 0 Å². The van der Waals surface area contributed by atoms with E-state index in [-0.39, 0.29) is 26.0 Å². The lowest BCUT2D eigenvalue weighted by Gasteiger charge is -2.37. The molecule has 172 valence electrons. The SMILES string of the molecule is CC(C)(C)OC(=O)N1C[C@H](CC(=O)OCc2ccccc2)C[C@]1(CC(Cl)(Cl)Cl)C(=O)O. The van der Waals surface area contributed by atoms with Crippen LogP contribution in [-0.2, 0) is 25.7 Å². The average Bonchev–Trinajstić information content (AvgIpc) is 2.97. The second kappa shape index (κ2) is 9.84. The summed E-state index contributed by atoms with van der Waals surface area (Å²) < 4.78 is 8.75. The lowest BCUT2D eigenvalue weighted by Crippen LogP contribution is -2.55.